The Morgan fingerprint density at radius 3 is 2.83 bits per heavy atom. The number of hydrogen-bond donors (Lipinski definition) is 1. The maximum absolute atomic E-state index is 13.8. The number of allylic oxidation sites excluding steroid dienone is 1. The van der Waals surface area contributed by atoms with Crippen LogP contribution in [0.5, 0.6) is 0 Å². The van der Waals surface area contributed by atoms with Crippen LogP contribution in [0.1, 0.15) is 17.9 Å². The van der Waals surface area contributed by atoms with Gasteiger partial charge in [0.25, 0.3) is 0 Å². The van der Waals surface area contributed by atoms with Crippen molar-refractivity contribution in [2.45, 2.75) is 12.3 Å². The molecule has 0 fully saturated rings. The van der Waals surface area contributed by atoms with Crippen molar-refractivity contribution in [2.24, 2.45) is 0 Å². The second kappa shape index (κ2) is 5.23. The first-order valence-electron chi connectivity index (χ1n) is 5.40. The van der Waals surface area contributed by atoms with Gasteiger partial charge in [-0.05, 0) is 17.9 Å². The zero-order valence-electron chi connectivity index (χ0n) is 9.74. The predicted octanol–water partition coefficient (Wildman–Crippen LogP) is 2.53. The van der Waals surface area contributed by atoms with E-state index < -0.39 is 5.92 Å². The molecule has 0 unspecified atom stereocenters. The minimum Gasteiger partial charge on any atom is -0.320 e. The number of halogens is 1. The molecule has 1 atom stereocenters. The first-order valence-corrected chi connectivity index (χ1v) is 6.62. The Bertz CT molecular complexity index is 562. The highest BCUT2D eigenvalue weighted by atomic mass is 32.2. The van der Waals surface area contributed by atoms with Gasteiger partial charge in [0.05, 0.1) is 16.7 Å². The second-order valence-electron chi connectivity index (χ2n) is 3.89. The Balaban J connectivity index is 2.52. The smallest absolute Gasteiger partial charge is 0.225 e. The SMILES string of the molecule is CSC1=C(C#N)[C@@H](c2ccccc2F)CC(=O)N1. The van der Waals surface area contributed by atoms with Crippen molar-refractivity contribution in [3.8, 4) is 6.07 Å². The van der Waals surface area contributed by atoms with E-state index in [4.69, 9.17) is 0 Å². The summed E-state index contributed by atoms with van der Waals surface area (Å²) in [4.78, 5) is 11.6. The van der Waals surface area contributed by atoms with Crippen LogP contribution in [0.2, 0.25) is 0 Å². The van der Waals surface area contributed by atoms with Crippen LogP contribution in [-0.2, 0) is 4.79 Å². The van der Waals surface area contributed by atoms with Crippen molar-refractivity contribution in [2.75, 3.05) is 6.26 Å². The molecule has 0 aliphatic carbocycles. The van der Waals surface area contributed by atoms with Crippen molar-refractivity contribution in [3.63, 3.8) is 0 Å². The van der Waals surface area contributed by atoms with Crippen molar-refractivity contribution >= 4 is 17.7 Å². The normalized spacial score (nSPS) is 19.4. The molecule has 1 heterocycles. The van der Waals surface area contributed by atoms with E-state index in [2.05, 4.69) is 11.4 Å². The van der Waals surface area contributed by atoms with Crippen LogP contribution in [0.15, 0.2) is 34.9 Å². The fourth-order valence-electron chi connectivity index (χ4n) is 2.00. The van der Waals surface area contributed by atoms with Gasteiger partial charge in [-0.2, -0.15) is 5.26 Å². The number of rotatable bonds is 2. The molecule has 0 bridgehead atoms. The molecule has 0 saturated carbocycles. The summed E-state index contributed by atoms with van der Waals surface area (Å²) in [5.74, 6) is -1.07. The minimum absolute atomic E-state index is 0.105. The van der Waals surface area contributed by atoms with E-state index in [1.165, 1.54) is 17.8 Å². The minimum atomic E-state index is -0.493. The van der Waals surface area contributed by atoms with Gasteiger partial charge in [-0.15, -0.1) is 11.8 Å². The molecular weight excluding hydrogens is 251 g/mol. The number of thioether (sulfide) groups is 1. The molecule has 1 aliphatic rings. The molecule has 1 N–H and O–H groups in total. The summed E-state index contributed by atoms with van der Waals surface area (Å²) in [6.07, 6.45) is 1.88. The molecule has 2 rings (SSSR count). The molecule has 0 aromatic heterocycles. The molecule has 1 amide bonds. The molecule has 92 valence electrons. The average molecular weight is 262 g/mol. The topological polar surface area (TPSA) is 52.9 Å². The van der Waals surface area contributed by atoms with Crippen LogP contribution in [0.4, 0.5) is 4.39 Å². The Hall–Kier alpha value is -1.80. The van der Waals surface area contributed by atoms with Crippen LogP contribution in [0, 0.1) is 17.1 Å². The van der Waals surface area contributed by atoms with E-state index in [9.17, 15) is 14.4 Å². The van der Waals surface area contributed by atoms with Gasteiger partial charge in [0.2, 0.25) is 5.91 Å². The lowest BCUT2D eigenvalue weighted by Crippen LogP contribution is -2.30. The Morgan fingerprint density at radius 2 is 2.22 bits per heavy atom. The molecule has 0 radical (unpaired) electrons. The van der Waals surface area contributed by atoms with Crippen LogP contribution in [-0.4, -0.2) is 12.2 Å². The van der Waals surface area contributed by atoms with Crippen molar-refractivity contribution < 1.29 is 9.18 Å². The molecule has 1 aromatic rings. The van der Waals surface area contributed by atoms with Gasteiger partial charge >= 0.3 is 0 Å². The van der Waals surface area contributed by atoms with E-state index in [1.54, 1.807) is 24.5 Å². The number of carbonyl (C=O) groups is 1. The summed E-state index contributed by atoms with van der Waals surface area (Å²) in [6, 6.07) is 8.34. The Kier molecular flexibility index (Phi) is 3.68. The van der Waals surface area contributed by atoms with Gasteiger partial charge < -0.3 is 5.32 Å². The molecule has 5 heteroatoms. The first kappa shape index (κ1) is 12.7. The third kappa shape index (κ3) is 2.24. The summed E-state index contributed by atoms with van der Waals surface area (Å²) >= 11 is 1.29. The zero-order valence-corrected chi connectivity index (χ0v) is 10.6. The number of nitriles is 1. The van der Waals surface area contributed by atoms with Crippen LogP contribution in [0.3, 0.4) is 0 Å². The van der Waals surface area contributed by atoms with Crippen molar-refractivity contribution in [1.82, 2.24) is 5.32 Å². The predicted molar refractivity (Wildman–Crippen MR) is 68.1 cm³/mol. The number of amides is 1. The first-order chi connectivity index (χ1) is 8.67. The molecule has 1 aromatic carbocycles. The van der Waals surface area contributed by atoms with Gasteiger partial charge in [0.15, 0.2) is 0 Å². The number of nitrogens with zero attached hydrogens (tertiary/aromatic N) is 1. The highest BCUT2D eigenvalue weighted by Crippen LogP contribution is 2.36. The third-order valence-corrected chi connectivity index (χ3v) is 3.57. The van der Waals surface area contributed by atoms with Gasteiger partial charge in [-0.3, -0.25) is 4.79 Å². The summed E-state index contributed by atoms with van der Waals surface area (Å²) in [5.41, 5.74) is 0.822. The maximum atomic E-state index is 13.8. The summed E-state index contributed by atoms with van der Waals surface area (Å²) < 4.78 is 13.8. The highest BCUT2D eigenvalue weighted by molar-refractivity contribution is 8.02. The highest BCUT2D eigenvalue weighted by Gasteiger charge is 2.30. The molecule has 3 nitrogen and oxygen atoms in total. The molecule has 18 heavy (non-hydrogen) atoms. The summed E-state index contributed by atoms with van der Waals surface area (Å²) in [7, 11) is 0. The number of carbonyl (C=O) groups excluding carboxylic acids is 1. The molecule has 0 spiro atoms. The van der Waals surface area contributed by atoms with Crippen molar-refractivity contribution in [3.05, 3.63) is 46.2 Å². The fraction of sp³-hybridized carbons (Fsp3) is 0.231. The lowest BCUT2D eigenvalue weighted by atomic mass is 9.87. The van der Waals surface area contributed by atoms with Gasteiger partial charge in [0.1, 0.15) is 5.82 Å². The standard InChI is InChI=1S/C13H11FN2OS/c1-18-13-10(7-15)9(6-12(17)16-13)8-4-2-3-5-11(8)14/h2-5,9H,6H2,1H3,(H,16,17)/t9-/m1/s1. The van der Waals surface area contributed by atoms with E-state index in [0.29, 0.717) is 16.2 Å². The number of benzene rings is 1. The van der Waals surface area contributed by atoms with Crippen molar-refractivity contribution in [1.29, 1.82) is 5.26 Å². The van der Waals surface area contributed by atoms with Crippen LogP contribution >= 0.6 is 11.8 Å². The summed E-state index contributed by atoms with van der Waals surface area (Å²) in [5, 5.41) is 12.4. The fourth-order valence-corrected chi connectivity index (χ4v) is 2.63. The van der Waals surface area contributed by atoms with E-state index in [1.807, 2.05) is 0 Å². The van der Waals surface area contributed by atoms with E-state index in [-0.39, 0.29) is 18.1 Å². The molecular formula is C13H11FN2OS. The average Bonchev–Trinajstić information content (AvgIpc) is 2.38. The zero-order chi connectivity index (χ0) is 13.1. The van der Waals surface area contributed by atoms with Crippen LogP contribution < -0.4 is 5.32 Å². The lowest BCUT2D eigenvalue weighted by molar-refractivity contribution is -0.120. The monoisotopic (exact) mass is 262 g/mol. The van der Waals surface area contributed by atoms with Gasteiger partial charge in [-0.1, -0.05) is 18.2 Å². The Labute approximate surface area is 109 Å². The second-order valence-corrected chi connectivity index (χ2v) is 4.70. The largest absolute Gasteiger partial charge is 0.320 e. The number of nitrogens with one attached hydrogen (secondary N) is 1. The van der Waals surface area contributed by atoms with Gasteiger partial charge in [-0.25, -0.2) is 4.39 Å². The maximum Gasteiger partial charge on any atom is 0.225 e. The lowest BCUT2D eigenvalue weighted by Gasteiger charge is -2.24. The van der Waals surface area contributed by atoms with Gasteiger partial charge in [0, 0.05) is 12.3 Å². The third-order valence-electron chi connectivity index (χ3n) is 2.84. The molecule has 1 aliphatic heterocycles. The van der Waals surface area contributed by atoms with Crippen LogP contribution in [0.25, 0.3) is 0 Å². The molecule has 0 saturated heterocycles. The number of hydrogen-bond acceptors (Lipinski definition) is 3. The quantitative estimate of drug-likeness (QED) is 0.891. The van der Waals surface area contributed by atoms with E-state index in [0.717, 1.165) is 0 Å². The van der Waals surface area contributed by atoms with E-state index >= 15 is 0 Å². The summed E-state index contributed by atoms with van der Waals surface area (Å²) in [6.45, 7) is 0. The Morgan fingerprint density at radius 1 is 1.50 bits per heavy atom.